The maximum Gasteiger partial charge on any atom is 0.337 e. The SMILES string of the molecule is C=C(CC[C@@H]1CCC2=C(C(=O)O[C@@H]2O)C1(C)C)C[C@H](O)C=C(C)C=O. The Kier molecular flexibility index (Phi) is 6.01. The summed E-state index contributed by atoms with van der Waals surface area (Å²) in [7, 11) is 0. The molecule has 2 N–H and O–H groups in total. The van der Waals surface area contributed by atoms with Crippen molar-refractivity contribution in [3.05, 3.63) is 34.9 Å². The lowest BCUT2D eigenvalue weighted by molar-refractivity contribution is -0.152. The van der Waals surface area contributed by atoms with E-state index in [-0.39, 0.29) is 11.3 Å². The van der Waals surface area contributed by atoms with Gasteiger partial charge in [0.1, 0.15) is 6.29 Å². The summed E-state index contributed by atoms with van der Waals surface area (Å²) in [6, 6.07) is 0. The molecule has 0 amide bonds. The average Bonchev–Trinajstić information content (AvgIpc) is 2.81. The summed E-state index contributed by atoms with van der Waals surface area (Å²) in [5.41, 5.74) is 2.44. The Morgan fingerprint density at radius 2 is 2.16 bits per heavy atom. The molecule has 0 aromatic heterocycles. The first-order valence-corrected chi connectivity index (χ1v) is 8.77. The summed E-state index contributed by atoms with van der Waals surface area (Å²) in [5, 5.41) is 19.8. The van der Waals surface area contributed by atoms with E-state index in [9.17, 15) is 19.8 Å². The highest BCUT2D eigenvalue weighted by Gasteiger charge is 2.47. The molecule has 0 aromatic rings. The molecule has 25 heavy (non-hydrogen) atoms. The molecule has 0 aromatic carbocycles. The van der Waals surface area contributed by atoms with Crippen molar-refractivity contribution in [2.75, 3.05) is 0 Å². The molecule has 138 valence electrons. The van der Waals surface area contributed by atoms with E-state index in [0.717, 1.165) is 36.7 Å². The lowest BCUT2D eigenvalue weighted by atomic mass is 9.64. The van der Waals surface area contributed by atoms with Gasteiger partial charge in [0, 0.05) is 11.1 Å². The van der Waals surface area contributed by atoms with Crippen LogP contribution in [0.4, 0.5) is 0 Å². The fourth-order valence-electron chi connectivity index (χ4n) is 3.99. The lowest BCUT2D eigenvalue weighted by Crippen LogP contribution is -2.33. The molecule has 3 atom stereocenters. The Morgan fingerprint density at radius 1 is 1.48 bits per heavy atom. The lowest BCUT2D eigenvalue weighted by Gasteiger charge is -2.39. The molecule has 0 bridgehead atoms. The molecular weight excluding hydrogens is 320 g/mol. The van der Waals surface area contributed by atoms with Gasteiger partial charge in [-0.05, 0) is 62.0 Å². The second-order valence-corrected chi connectivity index (χ2v) is 7.70. The van der Waals surface area contributed by atoms with Gasteiger partial charge in [0.25, 0.3) is 0 Å². The van der Waals surface area contributed by atoms with Crippen LogP contribution in [0.1, 0.15) is 52.9 Å². The van der Waals surface area contributed by atoms with Crippen LogP contribution in [0.15, 0.2) is 34.9 Å². The van der Waals surface area contributed by atoms with E-state index < -0.39 is 18.4 Å². The zero-order valence-corrected chi connectivity index (χ0v) is 15.2. The minimum absolute atomic E-state index is 0.283. The molecule has 2 aliphatic rings. The first-order valence-electron chi connectivity index (χ1n) is 8.77. The highest BCUT2D eigenvalue weighted by molar-refractivity contribution is 5.93. The molecule has 1 aliphatic heterocycles. The fourth-order valence-corrected chi connectivity index (χ4v) is 3.99. The number of aliphatic hydroxyl groups excluding tert-OH is 2. The number of carbonyl (C=O) groups excluding carboxylic acids is 2. The van der Waals surface area contributed by atoms with Crippen LogP contribution < -0.4 is 0 Å². The van der Waals surface area contributed by atoms with Crippen molar-refractivity contribution in [1.82, 2.24) is 0 Å². The van der Waals surface area contributed by atoms with Crippen molar-refractivity contribution < 1.29 is 24.5 Å². The number of cyclic esters (lactones) is 1. The summed E-state index contributed by atoms with van der Waals surface area (Å²) < 4.78 is 4.97. The van der Waals surface area contributed by atoms with E-state index in [2.05, 4.69) is 6.58 Å². The quantitative estimate of drug-likeness (QED) is 0.320. The number of rotatable bonds is 7. The van der Waals surface area contributed by atoms with E-state index in [1.54, 1.807) is 6.92 Å². The van der Waals surface area contributed by atoms with E-state index in [0.29, 0.717) is 24.0 Å². The Bertz CT molecular complexity index is 626. The number of hydrogen-bond donors (Lipinski definition) is 2. The highest BCUT2D eigenvalue weighted by atomic mass is 16.6. The minimum Gasteiger partial charge on any atom is -0.428 e. The van der Waals surface area contributed by atoms with E-state index in [4.69, 9.17) is 4.74 Å². The smallest absolute Gasteiger partial charge is 0.337 e. The van der Waals surface area contributed by atoms with Crippen molar-refractivity contribution in [3.63, 3.8) is 0 Å². The van der Waals surface area contributed by atoms with Gasteiger partial charge in [0.2, 0.25) is 6.29 Å². The fraction of sp³-hybridized carbons (Fsp3) is 0.600. The molecule has 0 spiro atoms. The number of ether oxygens (including phenoxy) is 1. The van der Waals surface area contributed by atoms with Crippen LogP contribution in [0.25, 0.3) is 0 Å². The highest BCUT2D eigenvalue weighted by Crippen LogP contribution is 2.50. The van der Waals surface area contributed by atoms with Crippen LogP contribution in [0, 0.1) is 11.3 Å². The first-order chi connectivity index (χ1) is 11.7. The van der Waals surface area contributed by atoms with Crippen molar-refractivity contribution in [2.24, 2.45) is 11.3 Å². The average molecular weight is 348 g/mol. The number of aliphatic hydroxyl groups is 2. The minimum atomic E-state index is -1.08. The maximum absolute atomic E-state index is 12.1. The number of carbonyl (C=O) groups is 2. The van der Waals surface area contributed by atoms with Crippen molar-refractivity contribution in [3.8, 4) is 0 Å². The summed E-state index contributed by atoms with van der Waals surface area (Å²) in [5.74, 6) is -0.119. The summed E-state index contributed by atoms with van der Waals surface area (Å²) in [6.45, 7) is 9.74. The van der Waals surface area contributed by atoms with Gasteiger partial charge in [0.15, 0.2) is 0 Å². The third-order valence-corrected chi connectivity index (χ3v) is 5.45. The molecule has 0 fully saturated rings. The molecule has 1 heterocycles. The Hall–Kier alpha value is -1.72. The molecule has 0 unspecified atom stereocenters. The summed E-state index contributed by atoms with van der Waals surface area (Å²) >= 11 is 0. The normalized spacial score (nSPS) is 26.9. The van der Waals surface area contributed by atoms with Crippen molar-refractivity contribution in [2.45, 2.75) is 65.3 Å². The Balaban J connectivity index is 1.96. The molecule has 0 saturated carbocycles. The topological polar surface area (TPSA) is 83.8 Å². The zero-order chi connectivity index (χ0) is 18.8. The van der Waals surface area contributed by atoms with Crippen molar-refractivity contribution in [1.29, 1.82) is 0 Å². The molecule has 5 nitrogen and oxygen atoms in total. The molecule has 0 saturated heterocycles. The Morgan fingerprint density at radius 3 is 2.80 bits per heavy atom. The van der Waals surface area contributed by atoms with Crippen LogP contribution in [0.2, 0.25) is 0 Å². The van der Waals surface area contributed by atoms with Gasteiger partial charge in [-0.15, -0.1) is 0 Å². The van der Waals surface area contributed by atoms with Crippen LogP contribution in [0.3, 0.4) is 0 Å². The molecular formula is C20H28O5. The van der Waals surface area contributed by atoms with Gasteiger partial charge in [-0.2, -0.15) is 0 Å². The number of allylic oxidation sites excluding steroid dienone is 1. The molecule has 1 aliphatic carbocycles. The van der Waals surface area contributed by atoms with Crippen LogP contribution >= 0.6 is 0 Å². The first kappa shape index (κ1) is 19.6. The van der Waals surface area contributed by atoms with Crippen LogP contribution in [-0.2, 0) is 14.3 Å². The Labute approximate surface area is 149 Å². The second-order valence-electron chi connectivity index (χ2n) is 7.70. The van der Waals surface area contributed by atoms with E-state index in [1.165, 1.54) is 6.08 Å². The van der Waals surface area contributed by atoms with Gasteiger partial charge in [-0.3, -0.25) is 4.79 Å². The predicted octanol–water partition coefficient (Wildman–Crippen LogP) is 2.83. The number of hydrogen-bond acceptors (Lipinski definition) is 5. The second kappa shape index (κ2) is 7.67. The van der Waals surface area contributed by atoms with Gasteiger partial charge < -0.3 is 14.9 Å². The van der Waals surface area contributed by atoms with Crippen molar-refractivity contribution >= 4 is 12.3 Å². The van der Waals surface area contributed by atoms with Crippen LogP contribution in [-0.4, -0.2) is 34.9 Å². The maximum atomic E-state index is 12.1. The predicted molar refractivity (Wildman–Crippen MR) is 94.4 cm³/mol. The number of aldehydes is 1. The summed E-state index contributed by atoms with van der Waals surface area (Å²) in [6.07, 6.45) is 4.06. The van der Waals surface area contributed by atoms with Gasteiger partial charge in [-0.1, -0.05) is 26.0 Å². The third kappa shape index (κ3) is 4.28. The largest absolute Gasteiger partial charge is 0.428 e. The summed E-state index contributed by atoms with van der Waals surface area (Å²) in [4.78, 5) is 22.7. The molecule has 2 rings (SSSR count). The van der Waals surface area contributed by atoms with Gasteiger partial charge >= 0.3 is 5.97 Å². The number of esters is 1. The third-order valence-electron chi connectivity index (χ3n) is 5.45. The monoisotopic (exact) mass is 348 g/mol. The molecule has 0 radical (unpaired) electrons. The van der Waals surface area contributed by atoms with Gasteiger partial charge in [-0.25, -0.2) is 4.79 Å². The van der Waals surface area contributed by atoms with E-state index in [1.807, 2.05) is 13.8 Å². The zero-order valence-electron chi connectivity index (χ0n) is 15.2. The standard InChI is InChI=1S/C20H28O5/c1-12(9-15(22)10-13(2)11-21)5-6-14-7-8-16-17(20(14,3)4)19(24)25-18(16)23/h10-11,14-15,18,22-23H,1,5-9H2,2-4H3/t14-,15+,18+/m1/s1. The van der Waals surface area contributed by atoms with Gasteiger partial charge in [0.05, 0.1) is 6.10 Å². The van der Waals surface area contributed by atoms with E-state index >= 15 is 0 Å². The molecule has 5 heteroatoms. The van der Waals surface area contributed by atoms with Crippen LogP contribution in [0.5, 0.6) is 0 Å².